The van der Waals surface area contributed by atoms with Crippen molar-refractivity contribution in [3.05, 3.63) is 21.6 Å². The highest BCUT2D eigenvalue weighted by Crippen LogP contribution is 2.19. The molecule has 1 atom stereocenters. The SMILES string of the molecule is CCCC(C)(O)CNc1cnn(C(C)C)c(=O)c1Cl. The predicted octanol–water partition coefficient (Wildman–Crippen LogP) is 2.44. The van der Waals surface area contributed by atoms with Gasteiger partial charge in [0.1, 0.15) is 5.02 Å². The number of halogens is 1. The molecule has 1 aromatic heterocycles. The minimum Gasteiger partial charge on any atom is -0.388 e. The van der Waals surface area contributed by atoms with Crippen LogP contribution < -0.4 is 10.9 Å². The van der Waals surface area contributed by atoms with Gasteiger partial charge in [-0.25, -0.2) is 4.68 Å². The summed E-state index contributed by atoms with van der Waals surface area (Å²) >= 11 is 6.03. The topological polar surface area (TPSA) is 67.2 Å². The first-order valence-electron chi connectivity index (χ1n) is 6.52. The van der Waals surface area contributed by atoms with E-state index in [9.17, 15) is 9.90 Å². The third-order valence-electron chi connectivity index (χ3n) is 2.88. The Bertz CT molecular complexity index is 483. The van der Waals surface area contributed by atoms with Gasteiger partial charge in [-0.1, -0.05) is 24.9 Å². The second-order valence-electron chi connectivity index (χ2n) is 5.32. The molecular weight excluding hydrogens is 266 g/mol. The van der Waals surface area contributed by atoms with Crippen molar-refractivity contribution in [3.8, 4) is 0 Å². The van der Waals surface area contributed by atoms with E-state index in [1.54, 1.807) is 6.92 Å². The zero-order valence-electron chi connectivity index (χ0n) is 11.9. The molecule has 1 aromatic rings. The van der Waals surface area contributed by atoms with Crippen molar-refractivity contribution in [2.75, 3.05) is 11.9 Å². The van der Waals surface area contributed by atoms with Gasteiger partial charge in [0, 0.05) is 6.54 Å². The summed E-state index contributed by atoms with van der Waals surface area (Å²) in [4.78, 5) is 11.9. The first-order chi connectivity index (χ1) is 8.78. The highest BCUT2D eigenvalue weighted by Gasteiger charge is 2.20. The molecule has 5 nitrogen and oxygen atoms in total. The standard InChI is InChI=1S/C13H22ClN3O2/c1-5-6-13(4,19)8-15-10-7-16-17(9(2)3)12(18)11(10)14/h7,9,15,19H,5-6,8H2,1-4H3. The van der Waals surface area contributed by atoms with Crippen LogP contribution in [0.5, 0.6) is 0 Å². The molecule has 0 saturated carbocycles. The Balaban J connectivity index is 2.87. The van der Waals surface area contributed by atoms with E-state index < -0.39 is 5.60 Å². The van der Waals surface area contributed by atoms with E-state index in [0.29, 0.717) is 18.7 Å². The summed E-state index contributed by atoms with van der Waals surface area (Å²) in [5.41, 5.74) is -0.693. The summed E-state index contributed by atoms with van der Waals surface area (Å²) in [6, 6.07) is -0.0396. The zero-order chi connectivity index (χ0) is 14.6. The fraction of sp³-hybridized carbons (Fsp3) is 0.692. The van der Waals surface area contributed by atoms with Gasteiger partial charge >= 0.3 is 0 Å². The highest BCUT2D eigenvalue weighted by atomic mass is 35.5. The molecule has 0 radical (unpaired) electrons. The van der Waals surface area contributed by atoms with Crippen molar-refractivity contribution in [1.82, 2.24) is 9.78 Å². The average molecular weight is 288 g/mol. The van der Waals surface area contributed by atoms with Gasteiger partial charge in [-0.3, -0.25) is 4.79 Å². The Labute approximate surface area is 118 Å². The van der Waals surface area contributed by atoms with Crippen LogP contribution in [-0.2, 0) is 0 Å². The lowest BCUT2D eigenvalue weighted by Gasteiger charge is -2.23. The lowest BCUT2D eigenvalue weighted by atomic mass is 10.0. The van der Waals surface area contributed by atoms with Crippen LogP contribution in [0.4, 0.5) is 5.69 Å². The number of anilines is 1. The molecule has 0 saturated heterocycles. The Hall–Kier alpha value is -1.07. The Morgan fingerprint density at radius 1 is 1.58 bits per heavy atom. The molecule has 0 amide bonds. The highest BCUT2D eigenvalue weighted by molar-refractivity contribution is 6.32. The van der Waals surface area contributed by atoms with Crippen LogP contribution in [0, 0.1) is 0 Å². The van der Waals surface area contributed by atoms with Crippen LogP contribution in [-0.4, -0.2) is 27.0 Å². The molecule has 19 heavy (non-hydrogen) atoms. The van der Waals surface area contributed by atoms with E-state index in [-0.39, 0.29) is 16.6 Å². The van der Waals surface area contributed by atoms with Crippen molar-refractivity contribution >= 4 is 17.3 Å². The van der Waals surface area contributed by atoms with Gasteiger partial charge in [0.05, 0.1) is 23.5 Å². The van der Waals surface area contributed by atoms with Crippen molar-refractivity contribution in [1.29, 1.82) is 0 Å². The van der Waals surface area contributed by atoms with E-state index >= 15 is 0 Å². The number of hydrogen-bond acceptors (Lipinski definition) is 4. The van der Waals surface area contributed by atoms with Gasteiger partial charge in [0.25, 0.3) is 5.56 Å². The van der Waals surface area contributed by atoms with E-state index in [1.807, 2.05) is 20.8 Å². The van der Waals surface area contributed by atoms with Gasteiger partial charge in [-0.15, -0.1) is 0 Å². The maximum atomic E-state index is 11.9. The largest absolute Gasteiger partial charge is 0.388 e. The van der Waals surface area contributed by atoms with Crippen LogP contribution in [0.2, 0.25) is 5.02 Å². The second-order valence-corrected chi connectivity index (χ2v) is 5.69. The summed E-state index contributed by atoms with van der Waals surface area (Å²) in [5, 5.41) is 17.2. The number of nitrogens with one attached hydrogen (secondary N) is 1. The molecule has 1 rings (SSSR count). The fourth-order valence-electron chi connectivity index (χ4n) is 1.85. The third-order valence-corrected chi connectivity index (χ3v) is 3.25. The van der Waals surface area contributed by atoms with Gasteiger partial charge in [-0.2, -0.15) is 5.10 Å². The smallest absolute Gasteiger partial charge is 0.287 e. The molecule has 6 heteroatoms. The number of nitrogens with zero attached hydrogens (tertiary/aromatic N) is 2. The Morgan fingerprint density at radius 2 is 2.21 bits per heavy atom. The number of hydrogen-bond donors (Lipinski definition) is 2. The maximum Gasteiger partial charge on any atom is 0.287 e. The van der Waals surface area contributed by atoms with Crippen LogP contribution in [0.3, 0.4) is 0 Å². The molecule has 0 aliphatic rings. The second kappa shape index (κ2) is 6.39. The Morgan fingerprint density at radius 3 is 2.74 bits per heavy atom. The molecule has 0 aliphatic carbocycles. The van der Waals surface area contributed by atoms with Gasteiger partial charge < -0.3 is 10.4 Å². The van der Waals surface area contributed by atoms with Crippen LogP contribution >= 0.6 is 11.6 Å². The monoisotopic (exact) mass is 287 g/mol. The number of aliphatic hydroxyl groups is 1. The van der Waals surface area contributed by atoms with E-state index in [4.69, 9.17) is 11.6 Å². The molecule has 0 fully saturated rings. The van der Waals surface area contributed by atoms with Crippen molar-refractivity contribution in [3.63, 3.8) is 0 Å². The first kappa shape index (κ1) is 16.0. The molecule has 1 heterocycles. The normalized spacial score (nSPS) is 14.5. The van der Waals surface area contributed by atoms with Crippen LogP contribution in [0.15, 0.2) is 11.0 Å². The minimum atomic E-state index is -0.828. The molecule has 2 N–H and O–H groups in total. The summed E-state index contributed by atoms with van der Waals surface area (Å²) in [5.74, 6) is 0. The zero-order valence-corrected chi connectivity index (χ0v) is 12.7. The molecular formula is C13H22ClN3O2. The van der Waals surface area contributed by atoms with Crippen molar-refractivity contribution in [2.24, 2.45) is 0 Å². The van der Waals surface area contributed by atoms with Crippen LogP contribution in [0.1, 0.15) is 46.6 Å². The van der Waals surface area contributed by atoms with E-state index in [0.717, 1.165) is 6.42 Å². The van der Waals surface area contributed by atoms with Crippen molar-refractivity contribution < 1.29 is 5.11 Å². The average Bonchev–Trinajstić information content (AvgIpc) is 2.30. The summed E-state index contributed by atoms with van der Waals surface area (Å²) in [7, 11) is 0. The summed E-state index contributed by atoms with van der Waals surface area (Å²) in [6.45, 7) is 7.81. The van der Waals surface area contributed by atoms with Gasteiger partial charge in [0.15, 0.2) is 0 Å². The minimum absolute atomic E-state index is 0.0396. The van der Waals surface area contributed by atoms with E-state index in [2.05, 4.69) is 10.4 Å². The van der Waals surface area contributed by atoms with Crippen LogP contribution in [0.25, 0.3) is 0 Å². The van der Waals surface area contributed by atoms with Crippen molar-refractivity contribution in [2.45, 2.75) is 52.2 Å². The lowest BCUT2D eigenvalue weighted by Crippen LogP contribution is -2.34. The summed E-state index contributed by atoms with van der Waals surface area (Å²) < 4.78 is 1.33. The molecule has 0 aromatic carbocycles. The number of rotatable bonds is 6. The molecule has 0 bridgehead atoms. The first-order valence-corrected chi connectivity index (χ1v) is 6.90. The maximum absolute atomic E-state index is 11.9. The lowest BCUT2D eigenvalue weighted by molar-refractivity contribution is 0.0637. The molecule has 108 valence electrons. The van der Waals surface area contributed by atoms with E-state index in [1.165, 1.54) is 10.9 Å². The molecule has 0 spiro atoms. The Kier molecular flexibility index (Phi) is 5.38. The number of aromatic nitrogens is 2. The third kappa shape index (κ3) is 4.21. The predicted molar refractivity (Wildman–Crippen MR) is 77.9 cm³/mol. The van der Waals surface area contributed by atoms with Gasteiger partial charge in [0.2, 0.25) is 0 Å². The summed E-state index contributed by atoms with van der Waals surface area (Å²) in [6.07, 6.45) is 3.08. The molecule has 1 unspecified atom stereocenters. The molecule has 0 aliphatic heterocycles. The fourth-order valence-corrected chi connectivity index (χ4v) is 2.05. The quantitative estimate of drug-likeness (QED) is 0.843. The van der Waals surface area contributed by atoms with Gasteiger partial charge in [-0.05, 0) is 27.2 Å².